The first-order valence-electron chi connectivity index (χ1n) is 6.57. The van der Waals surface area contributed by atoms with E-state index in [0.717, 1.165) is 0 Å². The van der Waals surface area contributed by atoms with Crippen LogP contribution in [0, 0.1) is 5.82 Å². The highest BCUT2D eigenvalue weighted by Crippen LogP contribution is 2.13. The topological polar surface area (TPSA) is 58.6 Å². The minimum absolute atomic E-state index is 0.131. The van der Waals surface area contributed by atoms with Gasteiger partial charge in [0, 0.05) is 13.1 Å². The molecule has 0 radical (unpaired) electrons. The molecule has 0 bridgehead atoms. The Morgan fingerprint density at radius 2 is 2.15 bits per heavy atom. The van der Waals surface area contributed by atoms with Gasteiger partial charge in [-0.2, -0.15) is 0 Å². The van der Waals surface area contributed by atoms with E-state index in [2.05, 4.69) is 5.32 Å². The molecule has 1 heterocycles. The molecule has 1 N–H and O–H groups in total. The highest BCUT2D eigenvalue weighted by atomic mass is 19.1. The van der Waals surface area contributed by atoms with E-state index >= 15 is 0 Å². The second kappa shape index (κ2) is 6.36. The molecule has 1 unspecified atom stereocenters. The summed E-state index contributed by atoms with van der Waals surface area (Å²) in [5.74, 6) is -0.304. The highest BCUT2D eigenvalue weighted by molar-refractivity contribution is 5.89. The predicted molar refractivity (Wildman–Crippen MR) is 70.7 cm³/mol. The van der Waals surface area contributed by atoms with Crippen molar-refractivity contribution in [2.75, 3.05) is 19.7 Å². The molecule has 1 aromatic carbocycles. The molecule has 6 heteroatoms. The van der Waals surface area contributed by atoms with Gasteiger partial charge in [-0.25, -0.2) is 4.39 Å². The summed E-state index contributed by atoms with van der Waals surface area (Å²) in [7, 11) is 0. The number of ether oxygens (including phenoxy) is 1. The molecule has 1 aromatic rings. The zero-order chi connectivity index (χ0) is 14.5. The van der Waals surface area contributed by atoms with E-state index in [0.29, 0.717) is 25.3 Å². The minimum Gasteiger partial charge on any atom is -0.484 e. The van der Waals surface area contributed by atoms with Crippen LogP contribution >= 0.6 is 0 Å². The van der Waals surface area contributed by atoms with Crippen molar-refractivity contribution >= 4 is 11.8 Å². The zero-order valence-electron chi connectivity index (χ0n) is 11.3. The lowest BCUT2D eigenvalue weighted by atomic mass is 10.1. The first-order valence-corrected chi connectivity index (χ1v) is 6.57. The maximum atomic E-state index is 12.7. The standard InChI is InChI=1S/C14H17FN2O3/c1-2-12-14(19)16-7-8-17(12)13(18)9-20-11-5-3-10(15)4-6-11/h3-6,12H,2,7-9H2,1H3,(H,16,19). The van der Waals surface area contributed by atoms with E-state index in [1.54, 1.807) is 0 Å². The summed E-state index contributed by atoms with van der Waals surface area (Å²) >= 11 is 0. The molecule has 1 saturated heterocycles. The maximum absolute atomic E-state index is 12.7. The summed E-state index contributed by atoms with van der Waals surface area (Å²) in [6.07, 6.45) is 0.564. The number of amides is 2. The Balaban J connectivity index is 1.93. The van der Waals surface area contributed by atoms with Gasteiger partial charge in [0.1, 0.15) is 17.6 Å². The van der Waals surface area contributed by atoms with Crippen LogP contribution < -0.4 is 10.1 Å². The monoisotopic (exact) mass is 280 g/mol. The number of piperazine rings is 1. The van der Waals surface area contributed by atoms with Crippen LogP contribution in [0.2, 0.25) is 0 Å². The highest BCUT2D eigenvalue weighted by Gasteiger charge is 2.31. The zero-order valence-corrected chi connectivity index (χ0v) is 11.3. The van der Waals surface area contributed by atoms with E-state index in [1.807, 2.05) is 6.92 Å². The smallest absolute Gasteiger partial charge is 0.261 e. The SMILES string of the molecule is CCC1C(=O)NCCN1C(=O)COc1ccc(F)cc1. The van der Waals surface area contributed by atoms with Gasteiger partial charge < -0.3 is 15.0 Å². The van der Waals surface area contributed by atoms with Crippen LogP contribution in [-0.4, -0.2) is 42.5 Å². The Morgan fingerprint density at radius 1 is 1.45 bits per heavy atom. The normalized spacial score (nSPS) is 18.6. The largest absolute Gasteiger partial charge is 0.484 e. The summed E-state index contributed by atoms with van der Waals surface area (Å²) in [6, 6.07) is 5.02. The molecule has 1 aliphatic heterocycles. The molecule has 1 atom stereocenters. The third-order valence-corrected chi connectivity index (χ3v) is 3.21. The van der Waals surface area contributed by atoms with Gasteiger partial charge >= 0.3 is 0 Å². The Labute approximate surface area is 116 Å². The van der Waals surface area contributed by atoms with Crippen molar-refractivity contribution in [3.05, 3.63) is 30.1 Å². The molecule has 0 saturated carbocycles. The average Bonchev–Trinajstić information content (AvgIpc) is 2.46. The first kappa shape index (κ1) is 14.3. The molecule has 1 aliphatic rings. The van der Waals surface area contributed by atoms with Gasteiger partial charge in [-0.15, -0.1) is 0 Å². The lowest BCUT2D eigenvalue weighted by Gasteiger charge is -2.34. The number of hydrogen-bond donors (Lipinski definition) is 1. The van der Waals surface area contributed by atoms with E-state index < -0.39 is 6.04 Å². The van der Waals surface area contributed by atoms with Crippen molar-refractivity contribution in [3.63, 3.8) is 0 Å². The van der Waals surface area contributed by atoms with E-state index in [9.17, 15) is 14.0 Å². The van der Waals surface area contributed by atoms with Crippen molar-refractivity contribution in [3.8, 4) is 5.75 Å². The predicted octanol–water partition coefficient (Wildman–Crippen LogP) is 0.942. The van der Waals surface area contributed by atoms with Gasteiger partial charge in [-0.1, -0.05) is 6.92 Å². The number of rotatable bonds is 4. The van der Waals surface area contributed by atoms with Crippen molar-refractivity contribution in [1.82, 2.24) is 10.2 Å². The molecule has 0 spiro atoms. The molecular formula is C14H17FN2O3. The number of benzene rings is 1. The summed E-state index contributed by atoms with van der Waals surface area (Å²) in [6.45, 7) is 2.64. The Hall–Kier alpha value is -2.11. The van der Waals surface area contributed by atoms with Crippen molar-refractivity contribution < 1.29 is 18.7 Å². The van der Waals surface area contributed by atoms with Crippen molar-refractivity contribution in [1.29, 1.82) is 0 Å². The molecule has 1 fully saturated rings. The van der Waals surface area contributed by atoms with Gasteiger partial charge in [0.15, 0.2) is 6.61 Å². The van der Waals surface area contributed by atoms with Crippen molar-refractivity contribution in [2.24, 2.45) is 0 Å². The number of halogens is 1. The van der Waals surface area contributed by atoms with Gasteiger partial charge in [0.05, 0.1) is 0 Å². The van der Waals surface area contributed by atoms with Crippen molar-refractivity contribution in [2.45, 2.75) is 19.4 Å². The molecular weight excluding hydrogens is 263 g/mol. The minimum atomic E-state index is -0.437. The number of hydrogen-bond acceptors (Lipinski definition) is 3. The molecule has 108 valence electrons. The van der Waals surface area contributed by atoms with Crippen LogP contribution in [0.15, 0.2) is 24.3 Å². The van der Waals surface area contributed by atoms with Crippen LogP contribution in [0.1, 0.15) is 13.3 Å². The Bertz CT molecular complexity index is 490. The molecule has 2 amide bonds. The van der Waals surface area contributed by atoms with Gasteiger partial charge in [0.2, 0.25) is 5.91 Å². The van der Waals surface area contributed by atoms with Gasteiger partial charge in [0.25, 0.3) is 5.91 Å². The number of carbonyl (C=O) groups is 2. The number of nitrogens with one attached hydrogen (secondary N) is 1. The fourth-order valence-electron chi connectivity index (χ4n) is 2.18. The molecule has 5 nitrogen and oxygen atoms in total. The lowest BCUT2D eigenvalue weighted by molar-refractivity contribution is -0.144. The van der Waals surface area contributed by atoms with E-state index in [-0.39, 0.29) is 24.2 Å². The Morgan fingerprint density at radius 3 is 2.80 bits per heavy atom. The number of carbonyl (C=O) groups excluding carboxylic acids is 2. The second-order valence-electron chi connectivity index (χ2n) is 4.54. The first-order chi connectivity index (χ1) is 9.61. The summed E-state index contributed by atoms with van der Waals surface area (Å²) in [5, 5.41) is 2.73. The van der Waals surface area contributed by atoms with Gasteiger partial charge in [-0.05, 0) is 30.7 Å². The summed E-state index contributed by atoms with van der Waals surface area (Å²) in [4.78, 5) is 25.3. The van der Waals surface area contributed by atoms with Crippen LogP contribution in [0.5, 0.6) is 5.75 Å². The summed E-state index contributed by atoms with van der Waals surface area (Å²) in [5.41, 5.74) is 0. The van der Waals surface area contributed by atoms with E-state index in [1.165, 1.54) is 29.2 Å². The van der Waals surface area contributed by atoms with Crippen LogP contribution in [0.4, 0.5) is 4.39 Å². The third kappa shape index (κ3) is 3.26. The summed E-state index contributed by atoms with van der Waals surface area (Å²) < 4.78 is 18.1. The lowest BCUT2D eigenvalue weighted by Crippen LogP contribution is -2.57. The third-order valence-electron chi connectivity index (χ3n) is 3.21. The van der Waals surface area contributed by atoms with Crippen LogP contribution in [0.3, 0.4) is 0 Å². The molecule has 0 aliphatic carbocycles. The fourth-order valence-corrected chi connectivity index (χ4v) is 2.18. The number of nitrogens with zero attached hydrogens (tertiary/aromatic N) is 1. The van der Waals surface area contributed by atoms with Crippen LogP contribution in [-0.2, 0) is 9.59 Å². The van der Waals surface area contributed by atoms with Gasteiger partial charge in [-0.3, -0.25) is 9.59 Å². The Kier molecular flexibility index (Phi) is 4.55. The average molecular weight is 280 g/mol. The molecule has 2 rings (SSSR count). The fraction of sp³-hybridized carbons (Fsp3) is 0.429. The van der Waals surface area contributed by atoms with Crippen LogP contribution in [0.25, 0.3) is 0 Å². The molecule has 20 heavy (non-hydrogen) atoms. The molecule has 0 aromatic heterocycles. The van der Waals surface area contributed by atoms with E-state index in [4.69, 9.17) is 4.74 Å². The quantitative estimate of drug-likeness (QED) is 0.893. The maximum Gasteiger partial charge on any atom is 0.261 e. The second-order valence-corrected chi connectivity index (χ2v) is 4.54.